The zero-order valence-electron chi connectivity index (χ0n) is 11.1. The second-order valence-electron chi connectivity index (χ2n) is 6.08. The molecule has 0 saturated carbocycles. The van der Waals surface area contributed by atoms with Crippen molar-refractivity contribution in [1.29, 1.82) is 0 Å². The summed E-state index contributed by atoms with van der Waals surface area (Å²) in [5.41, 5.74) is -0.618. The molecule has 2 rings (SSSR count). The molecule has 1 spiro atoms. The van der Waals surface area contributed by atoms with Crippen molar-refractivity contribution in [1.82, 2.24) is 10.2 Å². The monoisotopic (exact) mass is 242 g/mol. The lowest BCUT2D eigenvalue weighted by molar-refractivity contribution is -0.178. The Balaban J connectivity index is 1.83. The molecule has 0 unspecified atom stereocenters. The summed E-state index contributed by atoms with van der Waals surface area (Å²) in [5, 5.41) is 3.33. The van der Waals surface area contributed by atoms with E-state index in [1.165, 1.54) is 0 Å². The van der Waals surface area contributed by atoms with Gasteiger partial charge in [0.25, 0.3) is 0 Å². The molecule has 17 heavy (non-hydrogen) atoms. The molecule has 2 aliphatic rings. The first-order chi connectivity index (χ1) is 7.80. The Morgan fingerprint density at radius 1 is 1.47 bits per heavy atom. The predicted octanol–water partition coefficient (Wildman–Crippen LogP) is 0.984. The molecule has 0 bridgehead atoms. The first-order valence-electron chi connectivity index (χ1n) is 6.16. The molecule has 98 valence electrons. The molecule has 2 fully saturated rings. The normalized spacial score (nSPS) is 27.8. The van der Waals surface area contributed by atoms with Crippen LogP contribution in [0.3, 0.4) is 0 Å². The molecule has 0 aromatic heterocycles. The molecular formula is C12H22N2O3. The Hall–Kier alpha value is -0.810. The minimum absolute atomic E-state index is 0.186. The molecule has 1 amide bonds. The van der Waals surface area contributed by atoms with Crippen LogP contribution in [0, 0.1) is 0 Å². The van der Waals surface area contributed by atoms with Crippen LogP contribution in [0.1, 0.15) is 27.7 Å². The van der Waals surface area contributed by atoms with Gasteiger partial charge in [0.15, 0.2) is 0 Å². The van der Waals surface area contributed by atoms with Crippen molar-refractivity contribution in [2.75, 3.05) is 26.2 Å². The topological polar surface area (TPSA) is 50.8 Å². The molecule has 2 saturated heterocycles. The first kappa shape index (κ1) is 12.6. The number of carbonyl (C=O) groups is 1. The number of hydrogen-bond donors (Lipinski definition) is 1. The number of likely N-dealkylation sites (tertiary alicyclic amines) is 1. The highest BCUT2D eigenvalue weighted by Crippen LogP contribution is 2.29. The number of ether oxygens (including phenoxy) is 2. The fourth-order valence-corrected chi connectivity index (χ4v) is 2.30. The Morgan fingerprint density at radius 2 is 2.12 bits per heavy atom. The van der Waals surface area contributed by atoms with E-state index in [9.17, 15) is 4.79 Å². The summed E-state index contributed by atoms with van der Waals surface area (Å²) in [6, 6.07) is 0. The lowest BCUT2D eigenvalue weighted by Crippen LogP contribution is -2.72. The average Bonchev–Trinajstić information content (AvgIpc) is 2.10. The minimum Gasteiger partial charge on any atom is -0.444 e. The van der Waals surface area contributed by atoms with Gasteiger partial charge in [0, 0.05) is 13.1 Å². The lowest BCUT2D eigenvalue weighted by Gasteiger charge is -2.52. The van der Waals surface area contributed by atoms with E-state index in [1.807, 2.05) is 27.7 Å². The summed E-state index contributed by atoms with van der Waals surface area (Å²) in [6.45, 7) is 10.6. The molecular weight excluding hydrogens is 220 g/mol. The van der Waals surface area contributed by atoms with Gasteiger partial charge in [0.05, 0.1) is 19.2 Å². The van der Waals surface area contributed by atoms with Crippen molar-refractivity contribution in [2.24, 2.45) is 0 Å². The number of amides is 1. The fourth-order valence-electron chi connectivity index (χ4n) is 2.30. The molecule has 5 heteroatoms. The summed E-state index contributed by atoms with van der Waals surface area (Å²) in [4.78, 5) is 13.5. The molecule has 0 radical (unpaired) electrons. The second kappa shape index (κ2) is 4.14. The zero-order valence-corrected chi connectivity index (χ0v) is 11.1. The van der Waals surface area contributed by atoms with E-state index in [-0.39, 0.29) is 17.8 Å². The number of nitrogens with one attached hydrogen (secondary N) is 1. The maximum Gasteiger partial charge on any atom is 0.410 e. The predicted molar refractivity (Wildman–Crippen MR) is 64.0 cm³/mol. The van der Waals surface area contributed by atoms with Crippen LogP contribution in [-0.4, -0.2) is 54.5 Å². The number of morpholine rings is 1. The van der Waals surface area contributed by atoms with Crippen molar-refractivity contribution in [3.05, 3.63) is 0 Å². The minimum atomic E-state index is -0.432. The van der Waals surface area contributed by atoms with Crippen LogP contribution in [0.2, 0.25) is 0 Å². The van der Waals surface area contributed by atoms with Gasteiger partial charge in [-0.1, -0.05) is 0 Å². The molecule has 0 aliphatic carbocycles. The number of rotatable bonds is 0. The van der Waals surface area contributed by atoms with Crippen molar-refractivity contribution in [2.45, 2.75) is 45.0 Å². The van der Waals surface area contributed by atoms with Crippen molar-refractivity contribution < 1.29 is 14.3 Å². The van der Waals surface area contributed by atoms with E-state index in [0.717, 1.165) is 13.1 Å². The van der Waals surface area contributed by atoms with Gasteiger partial charge in [0.2, 0.25) is 0 Å². The summed E-state index contributed by atoms with van der Waals surface area (Å²) < 4.78 is 11.2. The smallest absolute Gasteiger partial charge is 0.410 e. The van der Waals surface area contributed by atoms with Gasteiger partial charge >= 0.3 is 6.09 Å². The van der Waals surface area contributed by atoms with Gasteiger partial charge in [-0.25, -0.2) is 4.79 Å². The zero-order chi connectivity index (χ0) is 12.7. The van der Waals surface area contributed by atoms with E-state index >= 15 is 0 Å². The molecule has 0 aromatic rings. The second-order valence-corrected chi connectivity index (χ2v) is 6.08. The van der Waals surface area contributed by atoms with Crippen LogP contribution < -0.4 is 5.32 Å². The molecule has 1 N–H and O–H groups in total. The molecule has 0 aromatic carbocycles. The van der Waals surface area contributed by atoms with E-state index in [1.54, 1.807) is 4.90 Å². The highest BCUT2D eigenvalue weighted by molar-refractivity contribution is 5.69. The van der Waals surface area contributed by atoms with Crippen LogP contribution in [0.25, 0.3) is 0 Å². The maximum atomic E-state index is 11.8. The average molecular weight is 242 g/mol. The largest absolute Gasteiger partial charge is 0.444 e. The summed E-state index contributed by atoms with van der Waals surface area (Å²) in [6.07, 6.45) is -0.0329. The number of nitrogens with zero attached hydrogens (tertiary/aromatic N) is 1. The fraction of sp³-hybridized carbons (Fsp3) is 0.917. The molecule has 5 nitrogen and oxygen atoms in total. The maximum absolute atomic E-state index is 11.8. The SMILES string of the molecule is C[C@H]1CNCC2(CN(C(=O)OC(C)(C)C)C2)O1. The highest BCUT2D eigenvalue weighted by atomic mass is 16.6. The van der Waals surface area contributed by atoms with Gasteiger partial charge in [-0.15, -0.1) is 0 Å². The number of hydrogen-bond acceptors (Lipinski definition) is 4. The quantitative estimate of drug-likeness (QED) is 0.688. The van der Waals surface area contributed by atoms with Crippen LogP contribution >= 0.6 is 0 Å². The summed E-state index contributed by atoms with van der Waals surface area (Å²) in [5.74, 6) is 0. The summed E-state index contributed by atoms with van der Waals surface area (Å²) >= 11 is 0. The van der Waals surface area contributed by atoms with Gasteiger partial charge in [-0.05, 0) is 27.7 Å². The molecule has 2 heterocycles. The Labute approximate surface area is 102 Å². The Kier molecular flexibility index (Phi) is 3.08. The van der Waals surface area contributed by atoms with Crippen molar-refractivity contribution in [3.8, 4) is 0 Å². The van der Waals surface area contributed by atoms with Gasteiger partial charge < -0.3 is 19.7 Å². The summed E-state index contributed by atoms with van der Waals surface area (Å²) in [7, 11) is 0. The molecule has 2 aliphatic heterocycles. The van der Waals surface area contributed by atoms with Crippen LogP contribution in [0.5, 0.6) is 0 Å². The number of carbonyl (C=O) groups excluding carboxylic acids is 1. The molecule has 1 atom stereocenters. The van der Waals surface area contributed by atoms with E-state index in [4.69, 9.17) is 9.47 Å². The lowest BCUT2D eigenvalue weighted by atomic mass is 9.92. The van der Waals surface area contributed by atoms with Crippen LogP contribution in [0.15, 0.2) is 0 Å². The Bertz CT molecular complexity index is 305. The van der Waals surface area contributed by atoms with Gasteiger partial charge in [-0.2, -0.15) is 0 Å². The van der Waals surface area contributed by atoms with Gasteiger partial charge in [-0.3, -0.25) is 0 Å². The van der Waals surface area contributed by atoms with Crippen molar-refractivity contribution >= 4 is 6.09 Å². The Morgan fingerprint density at radius 3 is 2.65 bits per heavy atom. The highest BCUT2D eigenvalue weighted by Gasteiger charge is 2.49. The third kappa shape index (κ3) is 2.90. The standard InChI is InChI=1S/C12H22N2O3/c1-9-5-13-6-12(16-9)7-14(8-12)10(15)17-11(2,3)4/h9,13H,5-8H2,1-4H3/t9-/m0/s1. The van der Waals surface area contributed by atoms with E-state index in [0.29, 0.717) is 13.1 Å². The van der Waals surface area contributed by atoms with E-state index in [2.05, 4.69) is 5.32 Å². The van der Waals surface area contributed by atoms with Crippen molar-refractivity contribution in [3.63, 3.8) is 0 Å². The van der Waals surface area contributed by atoms with Crippen LogP contribution in [0.4, 0.5) is 4.79 Å². The van der Waals surface area contributed by atoms with Gasteiger partial charge in [0.1, 0.15) is 11.2 Å². The third-order valence-electron chi connectivity index (χ3n) is 2.94. The third-order valence-corrected chi connectivity index (χ3v) is 2.94. The van der Waals surface area contributed by atoms with Crippen LogP contribution in [-0.2, 0) is 9.47 Å². The first-order valence-corrected chi connectivity index (χ1v) is 6.16. The van der Waals surface area contributed by atoms with E-state index < -0.39 is 5.60 Å².